The minimum absolute atomic E-state index is 0.149. The average molecular weight is 313 g/mol. The number of hydrogen-bond acceptors (Lipinski definition) is 2. The zero-order valence-electron chi connectivity index (χ0n) is 11.0. The van der Waals surface area contributed by atoms with Crippen LogP contribution in [0.15, 0.2) is 30.3 Å². The first-order chi connectivity index (χ1) is 9.40. The molecule has 0 radical (unpaired) electrons. The van der Waals surface area contributed by atoms with Gasteiger partial charge in [0.1, 0.15) is 16.6 Å². The van der Waals surface area contributed by atoms with Crippen molar-refractivity contribution < 1.29 is 9.90 Å². The number of carbonyl (C=O) groups is 1. The van der Waals surface area contributed by atoms with Gasteiger partial charge in [-0.25, -0.2) is 0 Å². The Bertz CT molecular complexity index is 603. The number of H-pyrrole nitrogens is 1. The molecule has 6 heteroatoms. The molecule has 0 bridgehead atoms. The fraction of sp³-hybridized carbons (Fsp3) is 0.214. The first-order valence-corrected chi connectivity index (χ1v) is 6.76. The van der Waals surface area contributed by atoms with Crippen molar-refractivity contribution >= 4 is 29.1 Å². The molecular weight excluding hydrogens is 299 g/mol. The van der Waals surface area contributed by atoms with Crippen LogP contribution in [0.5, 0.6) is 5.75 Å². The van der Waals surface area contributed by atoms with Crippen LogP contribution >= 0.6 is 23.2 Å². The number of phenols is 1. The molecule has 1 amide bonds. The molecule has 0 aliphatic carbocycles. The normalized spacial score (nSPS) is 12.2. The van der Waals surface area contributed by atoms with Crippen molar-refractivity contribution in [1.29, 1.82) is 0 Å². The van der Waals surface area contributed by atoms with Gasteiger partial charge in [0.25, 0.3) is 5.91 Å². The summed E-state index contributed by atoms with van der Waals surface area (Å²) in [6.45, 7) is 1.90. The predicted molar refractivity (Wildman–Crippen MR) is 79.4 cm³/mol. The Kier molecular flexibility index (Phi) is 4.26. The molecule has 0 spiro atoms. The zero-order chi connectivity index (χ0) is 14.9. The Morgan fingerprint density at radius 1 is 1.30 bits per heavy atom. The molecule has 1 heterocycles. The third-order valence-corrected chi connectivity index (χ3v) is 3.93. The second-order valence-corrected chi connectivity index (χ2v) is 5.31. The van der Waals surface area contributed by atoms with Crippen LogP contribution in [0.1, 0.15) is 29.0 Å². The smallest absolute Gasteiger partial charge is 0.270 e. The number of halogens is 2. The Balaban J connectivity index is 2.19. The van der Waals surface area contributed by atoms with Gasteiger partial charge >= 0.3 is 0 Å². The van der Waals surface area contributed by atoms with E-state index in [2.05, 4.69) is 4.98 Å². The average Bonchev–Trinajstić information content (AvgIpc) is 2.77. The summed E-state index contributed by atoms with van der Waals surface area (Å²) in [6, 6.07) is 8.09. The molecule has 2 N–H and O–H groups in total. The number of aromatic hydroxyl groups is 1. The van der Waals surface area contributed by atoms with Gasteiger partial charge in [0.15, 0.2) is 0 Å². The van der Waals surface area contributed by atoms with Gasteiger partial charge in [-0.3, -0.25) is 4.79 Å². The lowest BCUT2D eigenvalue weighted by Crippen LogP contribution is -2.29. The Morgan fingerprint density at radius 3 is 2.40 bits per heavy atom. The molecule has 0 saturated heterocycles. The van der Waals surface area contributed by atoms with Gasteiger partial charge in [0.05, 0.1) is 11.1 Å². The highest BCUT2D eigenvalue weighted by atomic mass is 35.5. The van der Waals surface area contributed by atoms with Crippen LogP contribution in [-0.2, 0) is 0 Å². The van der Waals surface area contributed by atoms with Gasteiger partial charge in [0.2, 0.25) is 0 Å². The fourth-order valence-corrected chi connectivity index (χ4v) is 2.17. The molecule has 1 atom stereocenters. The maximum atomic E-state index is 12.3. The van der Waals surface area contributed by atoms with Crippen LogP contribution in [-0.4, -0.2) is 27.9 Å². The van der Waals surface area contributed by atoms with Crippen molar-refractivity contribution in [2.45, 2.75) is 13.0 Å². The SMILES string of the molecule is CC(c1ccc(O)cc1)N(C)C(=O)c1cc(Cl)c(Cl)[nH]1. The minimum Gasteiger partial charge on any atom is -0.508 e. The van der Waals surface area contributed by atoms with E-state index in [9.17, 15) is 9.90 Å². The highest BCUT2D eigenvalue weighted by Gasteiger charge is 2.21. The molecule has 0 fully saturated rings. The van der Waals surface area contributed by atoms with Gasteiger partial charge in [-0.15, -0.1) is 0 Å². The molecular formula is C14H14Cl2N2O2. The van der Waals surface area contributed by atoms with E-state index < -0.39 is 0 Å². The lowest BCUT2D eigenvalue weighted by molar-refractivity contribution is 0.0737. The highest BCUT2D eigenvalue weighted by Crippen LogP contribution is 2.26. The van der Waals surface area contributed by atoms with Crippen LogP contribution in [0.2, 0.25) is 10.2 Å². The number of aromatic amines is 1. The Morgan fingerprint density at radius 2 is 1.90 bits per heavy atom. The quantitative estimate of drug-likeness (QED) is 0.904. The largest absolute Gasteiger partial charge is 0.508 e. The van der Waals surface area contributed by atoms with Crippen molar-refractivity contribution in [3.63, 3.8) is 0 Å². The zero-order valence-corrected chi connectivity index (χ0v) is 12.5. The third-order valence-electron chi connectivity index (χ3n) is 3.23. The van der Waals surface area contributed by atoms with Crippen molar-refractivity contribution in [1.82, 2.24) is 9.88 Å². The monoisotopic (exact) mass is 312 g/mol. The molecule has 20 heavy (non-hydrogen) atoms. The maximum Gasteiger partial charge on any atom is 0.270 e. The van der Waals surface area contributed by atoms with E-state index in [4.69, 9.17) is 23.2 Å². The van der Waals surface area contributed by atoms with Crippen molar-refractivity contribution in [2.75, 3.05) is 7.05 Å². The molecule has 4 nitrogen and oxygen atoms in total. The highest BCUT2D eigenvalue weighted by molar-refractivity contribution is 6.41. The van der Waals surface area contributed by atoms with Crippen molar-refractivity contribution in [3.05, 3.63) is 51.8 Å². The summed E-state index contributed by atoms with van der Waals surface area (Å²) in [4.78, 5) is 16.6. The number of amides is 1. The number of phenolic OH excluding ortho intramolecular Hbond substituents is 1. The second kappa shape index (κ2) is 5.77. The molecule has 1 unspecified atom stereocenters. The van der Waals surface area contributed by atoms with Gasteiger partial charge in [-0.05, 0) is 30.7 Å². The van der Waals surface area contributed by atoms with E-state index in [1.165, 1.54) is 6.07 Å². The van der Waals surface area contributed by atoms with Gasteiger partial charge in [-0.1, -0.05) is 35.3 Å². The molecule has 106 valence electrons. The third kappa shape index (κ3) is 2.92. The van der Waals surface area contributed by atoms with E-state index in [0.29, 0.717) is 10.7 Å². The fourth-order valence-electron chi connectivity index (χ4n) is 1.86. The van der Waals surface area contributed by atoms with Crippen LogP contribution in [0.25, 0.3) is 0 Å². The lowest BCUT2D eigenvalue weighted by atomic mass is 10.1. The predicted octanol–water partition coefficient (Wildman–Crippen LogP) is 3.86. The van der Waals surface area contributed by atoms with E-state index in [-0.39, 0.29) is 22.9 Å². The standard InChI is InChI=1S/C14H14Cl2N2O2/c1-8(9-3-5-10(19)6-4-9)18(2)14(20)12-7-11(15)13(16)17-12/h3-8,17,19H,1-2H3. The summed E-state index contributed by atoms with van der Waals surface area (Å²) in [7, 11) is 1.70. The van der Waals surface area contributed by atoms with Gasteiger partial charge in [-0.2, -0.15) is 0 Å². The first kappa shape index (κ1) is 14.8. The molecule has 0 aliphatic rings. The first-order valence-electron chi connectivity index (χ1n) is 6.00. The van der Waals surface area contributed by atoms with Crippen molar-refractivity contribution in [3.8, 4) is 5.75 Å². The summed E-state index contributed by atoms with van der Waals surface area (Å²) in [6.07, 6.45) is 0. The molecule has 2 aromatic rings. The summed E-state index contributed by atoms with van der Waals surface area (Å²) >= 11 is 11.6. The van der Waals surface area contributed by atoms with Crippen molar-refractivity contribution in [2.24, 2.45) is 0 Å². The summed E-state index contributed by atoms with van der Waals surface area (Å²) in [5, 5.41) is 9.85. The molecule has 2 rings (SSSR count). The summed E-state index contributed by atoms with van der Waals surface area (Å²) in [5.74, 6) is -0.0164. The Labute approximate surface area is 126 Å². The Hall–Kier alpha value is -1.65. The van der Waals surface area contributed by atoms with E-state index in [1.54, 1.807) is 36.2 Å². The number of nitrogens with zero attached hydrogens (tertiary/aromatic N) is 1. The van der Waals surface area contributed by atoms with E-state index in [1.807, 2.05) is 6.92 Å². The van der Waals surface area contributed by atoms with Gasteiger partial charge in [0, 0.05) is 7.05 Å². The number of hydrogen-bond donors (Lipinski definition) is 2. The maximum absolute atomic E-state index is 12.3. The summed E-state index contributed by atoms with van der Waals surface area (Å²) in [5.41, 5.74) is 1.26. The van der Waals surface area contributed by atoms with Crippen LogP contribution < -0.4 is 0 Å². The van der Waals surface area contributed by atoms with Crippen LogP contribution in [0.3, 0.4) is 0 Å². The lowest BCUT2D eigenvalue weighted by Gasteiger charge is -2.25. The van der Waals surface area contributed by atoms with E-state index in [0.717, 1.165) is 5.56 Å². The topological polar surface area (TPSA) is 56.3 Å². The number of nitrogens with one attached hydrogen (secondary N) is 1. The minimum atomic E-state index is -0.209. The molecule has 0 saturated carbocycles. The van der Waals surface area contributed by atoms with Crippen LogP contribution in [0, 0.1) is 0 Å². The number of rotatable bonds is 3. The summed E-state index contributed by atoms with van der Waals surface area (Å²) < 4.78 is 0. The molecule has 1 aromatic heterocycles. The number of benzene rings is 1. The number of carbonyl (C=O) groups excluding carboxylic acids is 1. The molecule has 1 aromatic carbocycles. The molecule has 0 aliphatic heterocycles. The number of aromatic nitrogens is 1. The van der Waals surface area contributed by atoms with E-state index >= 15 is 0 Å². The second-order valence-electron chi connectivity index (χ2n) is 4.53. The van der Waals surface area contributed by atoms with Crippen LogP contribution in [0.4, 0.5) is 0 Å². The van der Waals surface area contributed by atoms with Gasteiger partial charge < -0.3 is 15.0 Å².